The van der Waals surface area contributed by atoms with E-state index in [1.165, 1.54) is 18.4 Å². The van der Waals surface area contributed by atoms with Crippen molar-refractivity contribution in [3.05, 3.63) is 46.0 Å². The molecule has 2 fully saturated rings. The molecule has 2 aliphatic heterocycles. The molecular weight excluding hydrogens is 318 g/mol. The molecule has 0 aliphatic carbocycles. The van der Waals surface area contributed by atoms with Gasteiger partial charge in [0.15, 0.2) is 5.82 Å². The van der Waals surface area contributed by atoms with Gasteiger partial charge >= 0.3 is 0 Å². The van der Waals surface area contributed by atoms with Gasteiger partial charge < -0.3 is 9.84 Å². The molecule has 2 aliphatic rings. The molecule has 3 atom stereocenters. The topological polar surface area (TPSA) is 51.0 Å². The highest BCUT2D eigenvalue weighted by molar-refractivity contribution is 9.10. The Hall–Kier alpha value is -1.20. The maximum Gasteiger partial charge on any atom is 0.231 e. The van der Waals surface area contributed by atoms with Crippen molar-refractivity contribution in [3.8, 4) is 0 Å². The predicted molar refractivity (Wildman–Crippen MR) is 78.5 cm³/mol. The Morgan fingerprint density at radius 3 is 3.05 bits per heavy atom. The lowest BCUT2D eigenvalue weighted by atomic mass is 9.89. The fraction of sp³-hybridized carbons (Fsp3) is 0.467. The maximum atomic E-state index is 5.49. The quantitative estimate of drug-likeness (QED) is 0.937. The van der Waals surface area contributed by atoms with Crippen LogP contribution >= 0.6 is 15.9 Å². The summed E-state index contributed by atoms with van der Waals surface area (Å²) in [5.74, 6) is 2.01. The summed E-state index contributed by atoms with van der Waals surface area (Å²) in [7, 11) is 0. The Balaban J connectivity index is 1.51. The summed E-state index contributed by atoms with van der Waals surface area (Å²) in [4.78, 5) is 4.60. The average molecular weight is 334 g/mol. The first kappa shape index (κ1) is 12.5. The van der Waals surface area contributed by atoms with Crippen LogP contribution in [0.1, 0.15) is 42.5 Å². The van der Waals surface area contributed by atoms with Crippen LogP contribution in [-0.2, 0) is 6.42 Å². The largest absolute Gasteiger partial charge is 0.339 e. The Bertz CT molecular complexity index is 627. The zero-order valence-electron chi connectivity index (χ0n) is 11.1. The van der Waals surface area contributed by atoms with E-state index >= 15 is 0 Å². The summed E-state index contributed by atoms with van der Waals surface area (Å²) >= 11 is 3.48. The van der Waals surface area contributed by atoms with E-state index in [-0.39, 0.29) is 0 Å². The smallest absolute Gasteiger partial charge is 0.231 e. The second-order valence-electron chi connectivity index (χ2n) is 5.75. The van der Waals surface area contributed by atoms with Crippen molar-refractivity contribution < 1.29 is 4.52 Å². The number of aromatic nitrogens is 2. The van der Waals surface area contributed by atoms with Gasteiger partial charge in [-0.25, -0.2) is 0 Å². The van der Waals surface area contributed by atoms with E-state index in [0.717, 1.165) is 29.0 Å². The van der Waals surface area contributed by atoms with Gasteiger partial charge in [0.2, 0.25) is 5.89 Å². The second-order valence-corrected chi connectivity index (χ2v) is 6.66. The van der Waals surface area contributed by atoms with Crippen molar-refractivity contribution in [1.29, 1.82) is 0 Å². The molecule has 0 radical (unpaired) electrons. The summed E-state index contributed by atoms with van der Waals surface area (Å²) in [5, 5.41) is 7.75. The number of benzene rings is 1. The molecule has 1 N–H and O–H groups in total. The molecule has 1 aromatic carbocycles. The number of halogens is 1. The molecule has 4 rings (SSSR count). The van der Waals surface area contributed by atoms with Gasteiger partial charge in [0, 0.05) is 23.0 Å². The van der Waals surface area contributed by atoms with Gasteiger partial charge in [0.1, 0.15) is 0 Å². The number of nitrogens with zero attached hydrogens (tertiary/aromatic N) is 2. The molecule has 3 heterocycles. The molecule has 0 spiro atoms. The molecule has 4 nitrogen and oxygen atoms in total. The zero-order chi connectivity index (χ0) is 13.5. The van der Waals surface area contributed by atoms with Gasteiger partial charge in [-0.05, 0) is 37.0 Å². The lowest BCUT2D eigenvalue weighted by Gasteiger charge is -2.15. The van der Waals surface area contributed by atoms with Crippen molar-refractivity contribution in [2.24, 2.45) is 0 Å². The molecule has 0 amide bonds. The fourth-order valence-electron chi connectivity index (χ4n) is 3.42. The number of rotatable bonds is 3. The third-order valence-corrected chi connectivity index (χ3v) is 4.85. The summed E-state index contributed by atoms with van der Waals surface area (Å²) in [6.07, 6.45) is 4.39. The number of fused-ring (bicyclic) bond motifs is 2. The van der Waals surface area contributed by atoms with Gasteiger partial charge in [0.05, 0.1) is 5.92 Å². The number of hydrogen-bond donors (Lipinski definition) is 1. The molecule has 2 saturated heterocycles. The van der Waals surface area contributed by atoms with Crippen LogP contribution in [0.15, 0.2) is 33.3 Å². The molecule has 20 heavy (non-hydrogen) atoms. The van der Waals surface area contributed by atoms with Gasteiger partial charge in [-0.15, -0.1) is 0 Å². The van der Waals surface area contributed by atoms with E-state index in [9.17, 15) is 0 Å². The third-order valence-electron chi connectivity index (χ3n) is 4.35. The van der Waals surface area contributed by atoms with E-state index in [0.29, 0.717) is 18.0 Å². The number of nitrogens with one attached hydrogen (secondary N) is 1. The van der Waals surface area contributed by atoms with E-state index < -0.39 is 0 Å². The van der Waals surface area contributed by atoms with Crippen LogP contribution in [-0.4, -0.2) is 22.2 Å². The minimum absolute atomic E-state index is 0.414. The minimum Gasteiger partial charge on any atom is -0.339 e. The molecule has 1 aromatic heterocycles. The van der Waals surface area contributed by atoms with Crippen LogP contribution in [0.4, 0.5) is 0 Å². The van der Waals surface area contributed by atoms with Gasteiger partial charge in [0.25, 0.3) is 0 Å². The molecule has 104 valence electrons. The van der Waals surface area contributed by atoms with Crippen molar-refractivity contribution in [1.82, 2.24) is 15.5 Å². The minimum atomic E-state index is 0.414. The summed E-state index contributed by atoms with van der Waals surface area (Å²) < 4.78 is 6.57. The first-order valence-electron chi connectivity index (χ1n) is 7.11. The average Bonchev–Trinajstić information content (AvgIpc) is 3.13. The zero-order valence-corrected chi connectivity index (χ0v) is 12.6. The summed E-state index contributed by atoms with van der Waals surface area (Å²) in [6.45, 7) is 0. The van der Waals surface area contributed by atoms with Crippen molar-refractivity contribution in [2.45, 2.75) is 43.7 Å². The highest BCUT2D eigenvalue weighted by atomic mass is 79.9. The molecule has 0 saturated carbocycles. The highest BCUT2D eigenvalue weighted by Gasteiger charge is 2.42. The van der Waals surface area contributed by atoms with Crippen LogP contribution in [0.25, 0.3) is 0 Å². The van der Waals surface area contributed by atoms with E-state index in [1.807, 2.05) is 12.1 Å². The van der Waals surface area contributed by atoms with E-state index in [1.54, 1.807) is 0 Å². The van der Waals surface area contributed by atoms with E-state index in [2.05, 4.69) is 43.5 Å². The SMILES string of the molecule is Brc1cccc(Cc2noc(C3CC4CCC3N4)n2)c1. The summed E-state index contributed by atoms with van der Waals surface area (Å²) in [5.41, 5.74) is 1.19. The first-order valence-corrected chi connectivity index (χ1v) is 7.90. The van der Waals surface area contributed by atoms with Crippen LogP contribution < -0.4 is 5.32 Å². The van der Waals surface area contributed by atoms with Crippen LogP contribution in [0, 0.1) is 0 Å². The standard InChI is InChI=1S/C15H16BrN3O/c16-10-3-1-2-9(6-10)7-14-18-15(20-19-14)12-8-11-4-5-13(12)17-11/h1-3,6,11-13,17H,4-5,7-8H2. The predicted octanol–water partition coefficient (Wildman–Crippen LogP) is 3.03. The van der Waals surface area contributed by atoms with Crippen LogP contribution in [0.3, 0.4) is 0 Å². The maximum absolute atomic E-state index is 5.49. The van der Waals surface area contributed by atoms with Gasteiger partial charge in [-0.1, -0.05) is 33.2 Å². The van der Waals surface area contributed by atoms with Crippen LogP contribution in [0.5, 0.6) is 0 Å². The van der Waals surface area contributed by atoms with Crippen LogP contribution in [0.2, 0.25) is 0 Å². The molecule has 3 unspecified atom stereocenters. The fourth-order valence-corrected chi connectivity index (χ4v) is 3.86. The first-order chi connectivity index (χ1) is 9.78. The lowest BCUT2D eigenvalue weighted by Crippen LogP contribution is -2.21. The molecule has 2 aromatic rings. The van der Waals surface area contributed by atoms with Gasteiger partial charge in [-0.2, -0.15) is 4.98 Å². The normalized spacial score (nSPS) is 28.1. The molecule has 5 heteroatoms. The third kappa shape index (κ3) is 2.29. The van der Waals surface area contributed by atoms with E-state index in [4.69, 9.17) is 4.52 Å². The van der Waals surface area contributed by atoms with Crippen molar-refractivity contribution in [2.75, 3.05) is 0 Å². The monoisotopic (exact) mass is 333 g/mol. The van der Waals surface area contributed by atoms with Crippen molar-refractivity contribution in [3.63, 3.8) is 0 Å². The van der Waals surface area contributed by atoms with Crippen molar-refractivity contribution >= 4 is 15.9 Å². The Labute approximate surface area is 126 Å². The molecule has 2 bridgehead atoms. The molecular formula is C15H16BrN3O. The summed E-state index contributed by atoms with van der Waals surface area (Å²) in [6, 6.07) is 9.42. The Morgan fingerprint density at radius 1 is 1.35 bits per heavy atom. The Morgan fingerprint density at radius 2 is 2.30 bits per heavy atom. The Kier molecular flexibility index (Phi) is 3.11. The number of hydrogen-bond acceptors (Lipinski definition) is 4. The lowest BCUT2D eigenvalue weighted by molar-refractivity contribution is 0.327. The second kappa shape index (κ2) is 4.97. The van der Waals surface area contributed by atoms with Gasteiger partial charge in [-0.3, -0.25) is 0 Å². The highest BCUT2D eigenvalue weighted by Crippen LogP contribution is 2.39.